The lowest BCUT2D eigenvalue weighted by Crippen LogP contribution is -2.51. The summed E-state index contributed by atoms with van der Waals surface area (Å²) in [5, 5.41) is 8.62. The average Bonchev–Trinajstić information content (AvgIpc) is 2.55. The Kier molecular flexibility index (Phi) is 5.77. The first-order chi connectivity index (χ1) is 10.2. The first-order valence-corrected chi connectivity index (χ1v) is 7.34. The Bertz CT molecular complexity index is 641. The highest BCUT2D eigenvalue weighted by Gasteiger charge is 2.22. The van der Waals surface area contributed by atoms with Crippen LogP contribution in [0.25, 0.3) is 10.8 Å². The molecule has 2 aromatic carbocycles. The molecular weight excluding hydrogens is 300 g/mol. The number of ether oxygens (including phenoxy) is 1. The third-order valence-corrected chi connectivity index (χ3v) is 3.87. The van der Waals surface area contributed by atoms with Gasteiger partial charge in [0, 0.05) is 6.54 Å². The van der Waals surface area contributed by atoms with Crippen LogP contribution in [0.3, 0.4) is 0 Å². The van der Waals surface area contributed by atoms with E-state index in [9.17, 15) is 4.79 Å². The normalized spacial score (nSPS) is 19.2. The average molecular weight is 321 g/mol. The highest BCUT2D eigenvalue weighted by molar-refractivity contribution is 5.85. The molecular formula is C17H21ClN2O2. The van der Waals surface area contributed by atoms with Crippen LogP contribution in [0.2, 0.25) is 0 Å². The van der Waals surface area contributed by atoms with Crippen LogP contribution >= 0.6 is 12.4 Å². The maximum Gasteiger partial charge on any atom is 0.240 e. The van der Waals surface area contributed by atoms with E-state index >= 15 is 0 Å². The SMILES string of the molecule is CC(NC(=O)C1COCCN1)c1ccc2ccccc2c1.Cl. The number of nitrogens with one attached hydrogen (secondary N) is 2. The summed E-state index contributed by atoms with van der Waals surface area (Å²) < 4.78 is 5.32. The predicted molar refractivity (Wildman–Crippen MR) is 90.4 cm³/mol. The number of hydrogen-bond acceptors (Lipinski definition) is 3. The zero-order valence-electron chi connectivity index (χ0n) is 12.5. The summed E-state index contributed by atoms with van der Waals surface area (Å²) in [4.78, 5) is 12.2. The van der Waals surface area contributed by atoms with E-state index in [1.165, 1.54) is 10.8 Å². The summed E-state index contributed by atoms with van der Waals surface area (Å²) in [5.41, 5.74) is 1.11. The zero-order valence-corrected chi connectivity index (χ0v) is 13.4. The number of rotatable bonds is 3. The van der Waals surface area contributed by atoms with Gasteiger partial charge in [-0.3, -0.25) is 4.79 Å². The molecule has 3 rings (SSSR count). The fraction of sp³-hybridized carbons (Fsp3) is 0.353. The predicted octanol–water partition coefficient (Wildman–Crippen LogP) is 2.43. The molecule has 0 aromatic heterocycles. The van der Waals surface area contributed by atoms with Crippen LogP contribution < -0.4 is 10.6 Å². The molecule has 0 spiro atoms. The molecule has 2 unspecified atom stereocenters. The quantitative estimate of drug-likeness (QED) is 0.913. The molecule has 118 valence electrons. The van der Waals surface area contributed by atoms with Crippen LogP contribution in [0.4, 0.5) is 0 Å². The molecule has 1 saturated heterocycles. The van der Waals surface area contributed by atoms with Gasteiger partial charge >= 0.3 is 0 Å². The van der Waals surface area contributed by atoms with Gasteiger partial charge in [0.05, 0.1) is 19.3 Å². The molecule has 0 radical (unpaired) electrons. The lowest BCUT2D eigenvalue weighted by molar-refractivity contribution is -0.126. The highest BCUT2D eigenvalue weighted by atomic mass is 35.5. The molecule has 2 atom stereocenters. The van der Waals surface area contributed by atoms with Crippen LogP contribution in [-0.4, -0.2) is 31.7 Å². The van der Waals surface area contributed by atoms with Crippen LogP contribution in [0, 0.1) is 0 Å². The van der Waals surface area contributed by atoms with E-state index in [0.29, 0.717) is 13.2 Å². The maximum atomic E-state index is 12.2. The second-order valence-corrected chi connectivity index (χ2v) is 5.42. The van der Waals surface area contributed by atoms with Crippen molar-refractivity contribution in [3.8, 4) is 0 Å². The Balaban J connectivity index is 0.00000176. The lowest BCUT2D eigenvalue weighted by Gasteiger charge is -2.25. The Morgan fingerprint density at radius 3 is 2.77 bits per heavy atom. The first kappa shape index (κ1) is 16.7. The molecule has 2 aromatic rings. The molecule has 1 fully saturated rings. The monoisotopic (exact) mass is 320 g/mol. The van der Waals surface area contributed by atoms with E-state index in [1.54, 1.807) is 0 Å². The molecule has 1 heterocycles. The molecule has 5 heteroatoms. The first-order valence-electron chi connectivity index (χ1n) is 7.34. The summed E-state index contributed by atoms with van der Waals surface area (Å²) in [7, 11) is 0. The summed E-state index contributed by atoms with van der Waals surface area (Å²) in [6.07, 6.45) is 0. The van der Waals surface area contributed by atoms with E-state index < -0.39 is 0 Å². The number of halogens is 1. The summed E-state index contributed by atoms with van der Waals surface area (Å²) in [6.45, 7) is 3.84. The fourth-order valence-corrected chi connectivity index (χ4v) is 2.61. The maximum absolute atomic E-state index is 12.2. The number of carbonyl (C=O) groups excluding carboxylic acids is 1. The topological polar surface area (TPSA) is 50.4 Å². The summed E-state index contributed by atoms with van der Waals surface area (Å²) in [5.74, 6) is -0.00430. The summed E-state index contributed by atoms with van der Waals surface area (Å²) >= 11 is 0. The molecule has 0 aliphatic carbocycles. The number of carbonyl (C=O) groups is 1. The third-order valence-electron chi connectivity index (χ3n) is 3.87. The Hall–Kier alpha value is -1.62. The van der Waals surface area contributed by atoms with Crippen molar-refractivity contribution in [2.45, 2.75) is 19.0 Å². The third kappa shape index (κ3) is 3.77. The van der Waals surface area contributed by atoms with Crippen molar-refractivity contribution in [3.63, 3.8) is 0 Å². The summed E-state index contributed by atoms with van der Waals surface area (Å²) in [6, 6.07) is 14.3. The molecule has 1 aliphatic heterocycles. The molecule has 0 saturated carbocycles. The van der Waals surface area contributed by atoms with E-state index in [2.05, 4.69) is 41.0 Å². The van der Waals surface area contributed by atoms with E-state index in [-0.39, 0.29) is 30.4 Å². The van der Waals surface area contributed by atoms with Gasteiger partial charge in [-0.05, 0) is 29.3 Å². The Morgan fingerprint density at radius 2 is 2.05 bits per heavy atom. The van der Waals surface area contributed by atoms with Crippen LogP contribution in [0.15, 0.2) is 42.5 Å². The molecule has 1 aliphatic rings. The van der Waals surface area contributed by atoms with Gasteiger partial charge in [-0.25, -0.2) is 0 Å². The second kappa shape index (κ2) is 7.58. The van der Waals surface area contributed by atoms with Crippen molar-refractivity contribution in [2.24, 2.45) is 0 Å². The van der Waals surface area contributed by atoms with Gasteiger partial charge in [0.2, 0.25) is 5.91 Å². The van der Waals surface area contributed by atoms with Crippen LogP contribution in [0.5, 0.6) is 0 Å². The Labute approximate surface area is 136 Å². The Morgan fingerprint density at radius 1 is 1.27 bits per heavy atom. The van der Waals surface area contributed by atoms with Gasteiger partial charge in [-0.2, -0.15) is 0 Å². The van der Waals surface area contributed by atoms with E-state index in [4.69, 9.17) is 4.74 Å². The van der Waals surface area contributed by atoms with Gasteiger partial charge in [0.1, 0.15) is 6.04 Å². The van der Waals surface area contributed by atoms with Crippen molar-refractivity contribution < 1.29 is 9.53 Å². The zero-order chi connectivity index (χ0) is 14.7. The van der Waals surface area contributed by atoms with Gasteiger partial charge in [-0.15, -0.1) is 12.4 Å². The molecule has 2 N–H and O–H groups in total. The standard InChI is InChI=1S/C17H20N2O2.ClH/c1-12(19-17(20)16-11-21-9-8-18-16)14-7-6-13-4-2-3-5-15(13)10-14;/h2-7,10,12,16,18H,8-9,11H2,1H3,(H,19,20);1H. The van der Waals surface area contributed by atoms with Crippen molar-refractivity contribution in [1.29, 1.82) is 0 Å². The largest absolute Gasteiger partial charge is 0.378 e. The minimum Gasteiger partial charge on any atom is -0.378 e. The number of benzene rings is 2. The molecule has 1 amide bonds. The van der Waals surface area contributed by atoms with E-state index in [1.807, 2.05) is 19.1 Å². The minimum absolute atomic E-state index is 0. The molecule has 4 nitrogen and oxygen atoms in total. The van der Waals surface area contributed by atoms with Crippen molar-refractivity contribution in [3.05, 3.63) is 48.0 Å². The van der Waals surface area contributed by atoms with Crippen molar-refractivity contribution in [1.82, 2.24) is 10.6 Å². The van der Waals surface area contributed by atoms with Crippen molar-refractivity contribution in [2.75, 3.05) is 19.8 Å². The van der Waals surface area contributed by atoms with Crippen molar-refractivity contribution >= 4 is 29.1 Å². The lowest BCUT2D eigenvalue weighted by atomic mass is 10.0. The number of hydrogen-bond donors (Lipinski definition) is 2. The highest BCUT2D eigenvalue weighted by Crippen LogP contribution is 2.20. The smallest absolute Gasteiger partial charge is 0.240 e. The fourth-order valence-electron chi connectivity index (χ4n) is 2.61. The number of morpholine rings is 1. The molecule has 0 bridgehead atoms. The van der Waals surface area contributed by atoms with Gasteiger partial charge in [0.15, 0.2) is 0 Å². The minimum atomic E-state index is -0.248. The second-order valence-electron chi connectivity index (χ2n) is 5.42. The van der Waals surface area contributed by atoms with E-state index in [0.717, 1.165) is 12.1 Å². The van der Waals surface area contributed by atoms with Gasteiger partial charge < -0.3 is 15.4 Å². The van der Waals surface area contributed by atoms with Crippen LogP contribution in [0.1, 0.15) is 18.5 Å². The number of fused-ring (bicyclic) bond motifs is 1. The van der Waals surface area contributed by atoms with Gasteiger partial charge in [-0.1, -0.05) is 36.4 Å². The van der Waals surface area contributed by atoms with Crippen LogP contribution in [-0.2, 0) is 9.53 Å². The molecule has 22 heavy (non-hydrogen) atoms. The number of amides is 1. The van der Waals surface area contributed by atoms with Gasteiger partial charge in [0.25, 0.3) is 0 Å².